The Morgan fingerprint density at radius 3 is 2.50 bits per heavy atom. The normalized spacial score (nSPS) is 36.0. The summed E-state index contributed by atoms with van der Waals surface area (Å²) in [5.74, 6) is 0.308. The Labute approximate surface area is 66.9 Å². The van der Waals surface area contributed by atoms with Crippen LogP contribution in [0.3, 0.4) is 0 Å². The van der Waals surface area contributed by atoms with Crippen molar-refractivity contribution in [1.29, 1.82) is 0 Å². The highest BCUT2D eigenvalue weighted by Crippen LogP contribution is 2.42. The summed E-state index contributed by atoms with van der Waals surface area (Å²) in [6.45, 7) is 5.10. The van der Waals surface area contributed by atoms with E-state index in [0.29, 0.717) is 0 Å². The number of halogens is 1. The molecule has 1 aliphatic carbocycles. The van der Waals surface area contributed by atoms with E-state index in [-0.39, 0.29) is 24.1 Å². The van der Waals surface area contributed by atoms with Gasteiger partial charge in [0.1, 0.15) is 5.78 Å². The Morgan fingerprint density at radius 2 is 2.40 bits per heavy atom. The molecule has 0 aromatic rings. The van der Waals surface area contributed by atoms with Crippen molar-refractivity contribution in [2.75, 3.05) is 0 Å². The number of hydrogen-bond acceptors (Lipinski definition) is 2. The van der Waals surface area contributed by atoms with Crippen LogP contribution in [0.2, 0.25) is 0 Å². The summed E-state index contributed by atoms with van der Waals surface area (Å²) >= 11 is 0. The lowest BCUT2D eigenvalue weighted by Crippen LogP contribution is -2.32. The van der Waals surface area contributed by atoms with Gasteiger partial charge in [0.15, 0.2) is 0 Å². The van der Waals surface area contributed by atoms with Crippen molar-refractivity contribution in [3.05, 3.63) is 12.7 Å². The van der Waals surface area contributed by atoms with Gasteiger partial charge in [-0.15, -0.1) is 19.0 Å². The Balaban J connectivity index is 0.000000810. The molecule has 0 radical (unpaired) electrons. The van der Waals surface area contributed by atoms with E-state index in [4.69, 9.17) is 5.73 Å². The molecule has 2 nitrogen and oxygen atoms in total. The van der Waals surface area contributed by atoms with Gasteiger partial charge in [0.2, 0.25) is 0 Å². The van der Waals surface area contributed by atoms with Crippen molar-refractivity contribution in [3.8, 4) is 0 Å². The van der Waals surface area contributed by atoms with Crippen LogP contribution in [-0.4, -0.2) is 11.3 Å². The maximum Gasteiger partial charge on any atom is 0.150 e. The Morgan fingerprint density at radius 1 is 1.90 bits per heavy atom. The number of carbonyl (C=O) groups is 1. The highest BCUT2D eigenvalue weighted by atomic mass is 35.5. The average Bonchev–Trinajstić information content (AvgIpc) is 2.44. The van der Waals surface area contributed by atoms with Crippen molar-refractivity contribution in [1.82, 2.24) is 0 Å². The van der Waals surface area contributed by atoms with Crippen LogP contribution in [0, 0.1) is 5.92 Å². The van der Waals surface area contributed by atoms with Crippen LogP contribution in [-0.2, 0) is 4.79 Å². The lowest BCUT2D eigenvalue weighted by molar-refractivity contribution is -0.119. The molecule has 58 valence electrons. The molecule has 0 aliphatic heterocycles. The van der Waals surface area contributed by atoms with Crippen molar-refractivity contribution < 1.29 is 4.79 Å². The topological polar surface area (TPSA) is 43.1 Å². The van der Waals surface area contributed by atoms with E-state index in [0.717, 1.165) is 6.42 Å². The largest absolute Gasteiger partial charge is 0.318 e. The first-order valence-corrected chi connectivity index (χ1v) is 3.03. The predicted octanol–water partition coefficient (Wildman–Crippen LogP) is 0.901. The maximum atomic E-state index is 10.7. The first-order chi connectivity index (χ1) is 4.11. The molecule has 0 unspecified atom stereocenters. The van der Waals surface area contributed by atoms with Gasteiger partial charge >= 0.3 is 0 Å². The minimum atomic E-state index is -0.540. The van der Waals surface area contributed by atoms with E-state index >= 15 is 0 Å². The third-order valence-electron chi connectivity index (χ3n) is 2.00. The highest BCUT2D eigenvalue weighted by molar-refractivity contribution is 5.90. The second-order valence-corrected chi connectivity index (χ2v) is 2.64. The Kier molecular flexibility index (Phi) is 2.63. The number of hydrogen-bond donors (Lipinski definition) is 1. The summed E-state index contributed by atoms with van der Waals surface area (Å²) in [5.41, 5.74) is 5.08. The van der Waals surface area contributed by atoms with Gasteiger partial charge in [-0.3, -0.25) is 4.79 Å². The molecule has 0 bridgehead atoms. The molecule has 0 heterocycles. The third-order valence-corrected chi connectivity index (χ3v) is 2.00. The quantitative estimate of drug-likeness (QED) is 0.612. The minimum Gasteiger partial charge on any atom is -0.318 e. The molecule has 2 N–H and O–H groups in total. The van der Waals surface area contributed by atoms with Gasteiger partial charge < -0.3 is 5.73 Å². The zero-order valence-corrected chi connectivity index (χ0v) is 6.78. The Bertz CT molecular complexity index is 169. The molecular formula is C7H12ClNO. The lowest BCUT2D eigenvalue weighted by Gasteiger charge is -2.01. The van der Waals surface area contributed by atoms with E-state index in [1.54, 1.807) is 6.08 Å². The van der Waals surface area contributed by atoms with Gasteiger partial charge in [0.25, 0.3) is 0 Å². The first kappa shape index (κ1) is 9.66. The fourth-order valence-electron chi connectivity index (χ4n) is 1.00. The van der Waals surface area contributed by atoms with Crippen molar-refractivity contribution in [2.24, 2.45) is 11.7 Å². The molecule has 2 atom stereocenters. The number of Topliss-reactive ketones (excluding diaryl/α,β-unsaturated/α-hetero) is 1. The zero-order chi connectivity index (χ0) is 7.07. The van der Waals surface area contributed by atoms with Gasteiger partial charge in [0, 0.05) is 5.92 Å². The van der Waals surface area contributed by atoms with Crippen LogP contribution in [0.15, 0.2) is 12.7 Å². The molecule has 0 spiro atoms. The molecule has 0 amide bonds. The van der Waals surface area contributed by atoms with E-state index < -0.39 is 5.54 Å². The Hall–Kier alpha value is -0.340. The van der Waals surface area contributed by atoms with Gasteiger partial charge in [-0.1, -0.05) is 6.08 Å². The van der Waals surface area contributed by atoms with Crippen LogP contribution < -0.4 is 5.73 Å². The first-order valence-electron chi connectivity index (χ1n) is 3.03. The van der Waals surface area contributed by atoms with E-state index in [1.165, 1.54) is 6.92 Å². The highest BCUT2D eigenvalue weighted by Gasteiger charge is 2.52. The lowest BCUT2D eigenvalue weighted by atomic mass is 10.1. The number of nitrogens with two attached hydrogens (primary N) is 1. The van der Waals surface area contributed by atoms with Crippen molar-refractivity contribution >= 4 is 18.2 Å². The summed E-state index contributed by atoms with van der Waals surface area (Å²) in [6.07, 6.45) is 2.53. The fourth-order valence-corrected chi connectivity index (χ4v) is 1.00. The molecular weight excluding hydrogens is 150 g/mol. The summed E-state index contributed by atoms with van der Waals surface area (Å²) in [4.78, 5) is 10.7. The van der Waals surface area contributed by atoms with Gasteiger partial charge in [-0.05, 0) is 13.3 Å². The van der Waals surface area contributed by atoms with Gasteiger partial charge in [-0.2, -0.15) is 0 Å². The molecule has 0 saturated heterocycles. The molecule has 0 aromatic carbocycles. The maximum absolute atomic E-state index is 10.7. The van der Waals surface area contributed by atoms with Crippen LogP contribution >= 0.6 is 12.4 Å². The van der Waals surface area contributed by atoms with Gasteiger partial charge in [0.05, 0.1) is 5.54 Å². The van der Waals surface area contributed by atoms with E-state index in [9.17, 15) is 4.79 Å². The number of carbonyl (C=O) groups excluding carboxylic acids is 1. The SMILES string of the molecule is C=C[C@@H]1C[C@]1(N)C(C)=O.Cl. The molecule has 1 saturated carbocycles. The smallest absolute Gasteiger partial charge is 0.150 e. The number of rotatable bonds is 2. The van der Waals surface area contributed by atoms with Crippen LogP contribution in [0.5, 0.6) is 0 Å². The van der Waals surface area contributed by atoms with Crippen molar-refractivity contribution in [2.45, 2.75) is 18.9 Å². The standard InChI is InChI=1S/C7H11NO.ClH/c1-3-6-4-7(6,8)5(2)9;/h3,6H,1,4,8H2,2H3;1H/t6-,7+;/m1./s1. The molecule has 0 aromatic heterocycles. The minimum absolute atomic E-state index is 0. The van der Waals surface area contributed by atoms with Crippen LogP contribution in [0.25, 0.3) is 0 Å². The van der Waals surface area contributed by atoms with Crippen LogP contribution in [0.1, 0.15) is 13.3 Å². The third kappa shape index (κ3) is 1.22. The summed E-state index contributed by atoms with van der Waals surface area (Å²) in [7, 11) is 0. The molecule has 1 aliphatic rings. The zero-order valence-electron chi connectivity index (χ0n) is 5.96. The average molecular weight is 162 g/mol. The summed E-state index contributed by atoms with van der Waals surface area (Å²) in [5, 5.41) is 0. The predicted molar refractivity (Wildman–Crippen MR) is 43.2 cm³/mol. The van der Waals surface area contributed by atoms with Gasteiger partial charge in [-0.25, -0.2) is 0 Å². The second kappa shape index (κ2) is 2.72. The van der Waals surface area contributed by atoms with Crippen molar-refractivity contribution in [3.63, 3.8) is 0 Å². The summed E-state index contributed by atoms with van der Waals surface area (Å²) in [6, 6.07) is 0. The monoisotopic (exact) mass is 161 g/mol. The molecule has 3 heteroatoms. The van der Waals surface area contributed by atoms with E-state index in [1.807, 2.05) is 0 Å². The molecule has 1 fully saturated rings. The summed E-state index contributed by atoms with van der Waals surface area (Å²) < 4.78 is 0. The van der Waals surface area contributed by atoms with E-state index in [2.05, 4.69) is 6.58 Å². The second-order valence-electron chi connectivity index (χ2n) is 2.64. The molecule has 10 heavy (non-hydrogen) atoms. The molecule has 1 rings (SSSR count). The fraction of sp³-hybridized carbons (Fsp3) is 0.571. The number of ketones is 1. The van der Waals surface area contributed by atoms with Crippen LogP contribution in [0.4, 0.5) is 0 Å².